The summed E-state index contributed by atoms with van der Waals surface area (Å²) in [5.41, 5.74) is 7.29. The van der Waals surface area contributed by atoms with Gasteiger partial charge < -0.3 is 10.5 Å². The van der Waals surface area contributed by atoms with Crippen molar-refractivity contribution in [1.82, 2.24) is 0 Å². The monoisotopic (exact) mass is 207 g/mol. The third-order valence-corrected chi connectivity index (χ3v) is 2.66. The van der Waals surface area contributed by atoms with Crippen LogP contribution in [0.2, 0.25) is 0 Å². The molecule has 0 aliphatic rings. The molecule has 1 unspecified atom stereocenters. The van der Waals surface area contributed by atoms with Crippen LogP contribution < -0.4 is 10.5 Å². The van der Waals surface area contributed by atoms with Crippen molar-refractivity contribution in [2.45, 2.75) is 38.6 Å². The minimum Gasteiger partial charge on any atom is -0.497 e. The van der Waals surface area contributed by atoms with Gasteiger partial charge in [-0.05, 0) is 24.1 Å². The predicted molar refractivity (Wildman–Crippen MR) is 64.1 cm³/mol. The van der Waals surface area contributed by atoms with E-state index >= 15 is 0 Å². The van der Waals surface area contributed by atoms with Crippen molar-refractivity contribution in [2.24, 2.45) is 5.73 Å². The number of ether oxygens (including phenoxy) is 1. The number of unbranched alkanes of at least 4 members (excludes halogenated alkanes) is 2. The zero-order valence-electron chi connectivity index (χ0n) is 9.70. The lowest BCUT2D eigenvalue weighted by Crippen LogP contribution is -2.09. The van der Waals surface area contributed by atoms with Crippen LogP contribution >= 0.6 is 0 Å². The summed E-state index contributed by atoms with van der Waals surface area (Å²) in [7, 11) is 1.68. The Morgan fingerprint density at radius 2 is 1.87 bits per heavy atom. The zero-order valence-corrected chi connectivity index (χ0v) is 9.70. The van der Waals surface area contributed by atoms with Gasteiger partial charge in [-0.15, -0.1) is 0 Å². The zero-order chi connectivity index (χ0) is 11.1. The van der Waals surface area contributed by atoms with Crippen LogP contribution in [0, 0.1) is 0 Å². The van der Waals surface area contributed by atoms with Gasteiger partial charge in [-0.2, -0.15) is 0 Å². The van der Waals surface area contributed by atoms with Crippen LogP contribution in [-0.2, 0) is 0 Å². The maximum absolute atomic E-state index is 6.09. The number of hydrogen-bond acceptors (Lipinski definition) is 2. The van der Waals surface area contributed by atoms with Crippen molar-refractivity contribution in [3.8, 4) is 5.75 Å². The van der Waals surface area contributed by atoms with Crippen molar-refractivity contribution in [1.29, 1.82) is 0 Å². The van der Waals surface area contributed by atoms with Gasteiger partial charge in [0, 0.05) is 6.04 Å². The highest BCUT2D eigenvalue weighted by molar-refractivity contribution is 5.28. The molecule has 0 aliphatic carbocycles. The largest absolute Gasteiger partial charge is 0.497 e. The van der Waals surface area contributed by atoms with Crippen molar-refractivity contribution in [3.05, 3.63) is 29.8 Å². The first kappa shape index (κ1) is 12.1. The average Bonchev–Trinajstić information content (AvgIpc) is 2.29. The van der Waals surface area contributed by atoms with Crippen molar-refractivity contribution < 1.29 is 4.74 Å². The molecular weight excluding hydrogens is 186 g/mol. The Bertz CT molecular complexity index is 268. The first-order valence-corrected chi connectivity index (χ1v) is 5.67. The number of methoxy groups -OCH3 is 1. The molecule has 2 nitrogen and oxygen atoms in total. The molecule has 0 heterocycles. The third kappa shape index (κ3) is 3.92. The Morgan fingerprint density at radius 1 is 1.20 bits per heavy atom. The SMILES string of the molecule is CCCCCC(N)c1ccc(OC)cc1. The molecule has 0 bridgehead atoms. The molecule has 0 saturated carbocycles. The number of rotatable bonds is 6. The maximum Gasteiger partial charge on any atom is 0.118 e. The van der Waals surface area contributed by atoms with Gasteiger partial charge in [0.05, 0.1) is 7.11 Å². The van der Waals surface area contributed by atoms with E-state index in [9.17, 15) is 0 Å². The normalized spacial score (nSPS) is 12.5. The summed E-state index contributed by atoms with van der Waals surface area (Å²) in [5.74, 6) is 0.888. The van der Waals surface area contributed by atoms with Crippen LogP contribution in [0.15, 0.2) is 24.3 Å². The summed E-state index contributed by atoms with van der Waals surface area (Å²) in [5, 5.41) is 0. The molecule has 0 saturated heterocycles. The number of hydrogen-bond donors (Lipinski definition) is 1. The Labute approximate surface area is 92.4 Å². The molecule has 2 heteroatoms. The molecule has 0 amide bonds. The fourth-order valence-corrected chi connectivity index (χ4v) is 1.63. The van der Waals surface area contributed by atoms with Crippen molar-refractivity contribution in [2.75, 3.05) is 7.11 Å². The van der Waals surface area contributed by atoms with Crippen LogP contribution in [0.3, 0.4) is 0 Å². The average molecular weight is 207 g/mol. The van der Waals surface area contributed by atoms with Crippen molar-refractivity contribution in [3.63, 3.8) is 0 Å². The van der Waals surface area contributed by atoms with Crippen LogP contribution in [0.1, 0.15) is 44.2 Å². The second-order valence-electron chi connectivity index (χ2n) is 3.88. The molecule has 2 N–H and O–H groups in total. The van der Waals surface area contributed by atoms with E-state index in [0.717, 1.165) is 12.2 Å². The lowest BCUT2D eigenvalue weighted by Gasteiger charge is -2.12. The molecule has 1 atom stereocenters. The molecule has 15 heavy (non-hydrogen) atoms. The summed E-state index contributed by atoms with van der Waals surface area (Å²) >= 11 is 0. The van der Waals surface area contributed by atoms with Gasteiger partial charge >= 0.3 is 0 Å². The van der Waals surface area contributed by atoms with E-state index in [4.69, 9.17) is 10.5 Å². The minimum absolute atomic E-state index is 0.169. The third-order valence-electron chi connectivity index (χ3n) is 2.66. The summed E-state index contributed by atoms with van der Waals surface area (Å²) < 4.78 is 5.11. The summed E-state index contributed by atoms with van der Waals surface area (Å²) in [6.45, 7) is 2.21. The standard InChI is InChI=1S/C13H21NO/c1-3-4-5-6-13(14)11-7-9-12(15-2)10-8-11/h7-10,13H,3-6,14H2,1-2H3. The highest BCUT2D eigenvalue weighted by atomic mass is 16.5. The fraction of sp³-hybridized carbons (Fsp3) is 0.538. The van der Waals surface area contributed by atoms with Gasteiger partial charge in [-0.25, -0.2) is 0 Å². The maximum atomic E-state index is 6.09. The number of nitrogens with two attached hydrogens (primary N) is 1. The quantitative estimate of drug-likeness (QED) is 0.726. The van der Waals surface area contributed by atoms with Gasteiger partial charge in [0.2, 0.25) is 0 Å². The van der Waals surface area contributed by atoms with E-state index in [-0.39, 0.29) is 6.04 Å². The van der Waals surface area contributed by atoms with E-state index in [1.165, 1.54) is 24.8 Å². The second-order valence-corrected chi connectivity index (χ2v) is 3.88. The molecule has 0 fully saturated rings. The van der Waals surface area contributed by atoms with E-state index in [0.29, 0.717) is 0 Å². The van der Waals surface area contributed by atoms with E-state index in [1.54, 1.807) is 7.11 Å². The molecule has 1 rings (SSSR count). The molecular formula is C13H21NO. The molecule has 1 aromatic rings. The molecule has 0 aliphatic heterocycles. The molecule has 0 radical (unpaired) electrons. The van der Waals surface area contributed by atoms with Crippen LogP contribution in [0.25, 0.3) is 0 Å². The highest BCUT2D eigenvalue weighted by Gasteiger charge is 2.05. The minimum atomic E-state index is 0.169. The second kappa shape index (κ2) is 6.46. The molecule has 84 valence electrons. The van der Waals surface area contributed by atoms with E-state index in [1.807, 2.05) is 12.1 Å². The lowest BCUT2D eigenvalue weighted by atomic mass is 10.0. The van der Waals surface area contributed by atoms with Gasteiger partial charge in [-0.3, -0.25) is 0 Å². The Hall–Kier alpha value is -1.02. The van der Waals surface area contributed by atoms with Crippen LogP contribution in [0.5, 0.6) is 5.75 Å². The predicted octanol–water partition coefficient (Wildman–Crippen LogP) is 3.28. The smallest absolute Gasteiger partial charge is 0.118 e. The summed E-state index contributed by atoms with van der Waals surface area (Å²) in [6, 6.07) is 8.21. The van der Waals surface area contributed by atoms with Gasteiger partial charge in [0.15, 0.2) is 0 Å². The van der Waals surface area contributed by atoms with Gasteiger partial charge in [0.1, 0.15) is 5.75 Å². The first-order chi connectivity index (χ1) is 7.27. The van der Waals surface area contributed by atoms with Crippen LogP contribution in [-0.4, -0.2) is 7.11 Å². The Balaban J connectivity index is 2.46. The fourth-order valence-electron chi connectivity index (χ4n) is 1.63. The van der Waals surface area contributed by atoms with Gasteiger partial charge in [-0.1, -0.05) is 38.3 Å². The molecule has 0 spiro atoms. The Morgan fingerprint density at radius 3 is 2.40 bits per heavy atom. The molecule has 0 aromatic heterocycles. The summed E-state index contributed by atoms with van der Waals surface area (Å²) in [4.78, 5) is 0. The highest BCUT2D eigenvalue weighted by Crippen LogP contribution is 2.20. The van der Waals surface area contributed by atoms with E-state index < -0.39 is 0 Å². The Kier molecular flexibility index (Phi) is 5.19. The lowest BCUT2D eigenvalue weighted by molar-refractivity contribution is 0.414. The summed E-state index contributed by atoms with van der Waals surface area (Å²) in [6.07, 6.45) is 4.79. The first-order valence-electron chi connectivity index (χ1n) is 5.67. The van der Waals surface area contributed by atoms with E-state index in [2.05, 4.69) is 19.1 Å². The van der Waals surface area contributed by atoms with Crippen LogP contribution in [0.4, 0.5) is 0 Å². The topological polar surface area (TPSA) is 35.2 Å². The molecule has 1 aromatic carbocycles. The van der Waals surface area contributed by atoms with Crippen molar-refractivity contribution >= 4 is 0 Å². The van der Waals surface area contributed by atoms with Gasteiger partial charge in [0.25, 0.3) is 0 Å². The number of benzene rings is 1.